The van der Waals surface area contributed by atoms with Gasteiger partial charge in [0, 0.05) is 17.1 Å². The van der Waals surface area contributed by atoms with Crippen molar-refractivity contribution in [2.45, 2.75) is 138 Å². The second-order valence-corrected chi connectivity index (χ2v) is 14.9. The molecule has 1 heterocycles. The predicted octanol–water partition coefficient (Wildman–Crippen LogP) is 12.0. The zero-order valence-corrected chi connectivity index (χ0v) is 36.7. The number of hydrogen-bond donors (Lipinski definition) is 3. The van der Waals surface area contributed by atoms with Gasteiger partial charge in [0.1, 0.15) is 0 Å². The summed E-state index contributed by atoms with van der Waals surface area (Å²) in [7, 11) is 0. The van der Waals surface area contributed by atoms with Crippen LogP contribution >= 0.6 is 0 Å². The summed E-state index contributed by atoms with van der Waals surface area (Å²) >= 11 is 0. The topological polar surface area (TPSA) is 154 Å². The van der Waals surface area contributed by atoms with Crippen molar-refractivity contribution in [2.75, 3.05) is 35.8 Å². The molecule has 0 atom stereocenters. The van der Waals surface area contributed by atoms with E-state index < -0.39 is 0 Å². The van der Waals surface area contributed by atoms with E-state index in [4.69, 9.17) is 29.2 Å². The fourth-order valence-electron chi connectivity index (χ4n) is 6.73. The third-order valence-electron chi connectivity index (χ3n) is 10.2. The number of ether oxygens (including phenoxy) is 3. The van der Waals surface area contributed by atoms with Crippen LogP contribution in [0.1, 0.15) is 166 Å². The molecule has 12 heteroatoms. The number of rotatable bonds is 27. The monoisotopic (exact) mass is 823 g/mol. The molecule has 0 aliphatic carbocycles. The highest BCUT2D eigenvalue weighted by Crippen LogP contribution is 2.26. The van der Waals surface area contributed by atoms with Gasteiger partial charge in [0.2, 0.25) is 17.8 Å². The third-order valence-corrected chi connectivity index (χ3v) is 10.2. The van der Waals surface area contributed by atoms with E-state index in [1.807, 2.05) is 39.0 Å². The number of aryl methyl sites for hydroxylation is 3. The van der Waals surface area contributed by atoms with Gasteiger partial charge in [0.25, 0.3) is 0 Å². The molecule has 0 spiro atoms. The second-order valence-electron chi connectivity index (χ2n) is 14.9. The number of anilines is 6. The normalized spacial score (nSPS) is 10.9. The fraction of sp³-hybridized carbons (Fsp3) is 0.500. The Hall–Kier alpha value is -5.52. The summed E-state index contributed by atoms with van der Waals surface area (Å²) in [5, 5.41) is 9.91. The molecule has 12 nitrogen and oxygen atoms in total. The third kappa shape index (κ3) is 14.9. The minimum atomic E-state index is -0.330. The number of benzene rings is 3. The van der Waals surface area contributed by atoms with Crippen LogP contribution in [0, 0.1) is 0 Å². The summed E-state index contributed by atoms with van der Waals surface area (Å²) in [6.07, 6.45) is 14.2. The van der Waals surface area contributed by atoms with E-state index in [0.29, 0.717) is 72.8 Å². The molecule has 0 saturated carbocycles. The maximum Gasteiger partial charge on any atom is 0.338 e. The number of unbranched alkanes of at least 4 members (excludes halogenated alkanes) is 9. The fourth-order valence-corrected chi connectivity index (χ4v) is 6.73. The average molecular weight is 823 g/mol. The lowest BCUT2D eigenvalue weighted by molar-refractivity contribution is 0.0487. The maximum atomic E-state index is 13.0. The van der Waals surface area contributed by atoms with Crippen LogP contribution < -0.4 is 16.0 Å². The first-order chi connectivity index (χ1) is 29.2. The predicted molar refractivity (Wildman–Crippen MR) is 240 cm³/mol. The van der Waals surface area contributed by atoms with Gasteiger partial charge in [-0.1, -0.05) is 99.3 Å². The summed E-state index contributed by atoms with van der Waals surface area (Å²) in [5.41, 5.74) is 6.16. The van der Waals surface area contributed by atoms with Crippen molar-refractivity contribution in [3.63, 3.8) is 0 Å². The van der Waals surface area contributed by atoms with Crippen LogP contribution in [0.25, 0.3) is 0 Å². The Labute approximate surface area is 357 Å². The number of nitrogens with zero attached hydrogens (tertiary/aromatic N) is 3. The first kappa shape index (κ1) is 47.2. The Kier molecular flexibility index (Phi) is 20.3. The first-order valence-corrected chi connectivity index (χ1v) is 22.2. The number of aromatic nitrogens is 3. The van der Waals surface area contributed by atoms with Crippen molar-refractivity contribution < 1.29 is 28.6 Å². The largest absolute Gasteiger partial charge is 0.462 e. The Morgan fingerprint density at radius 1 is 0.417 bits per heavy atom. The summed E-state index contributed by atoms with van der Waals surface area (Å²) < 4.78 is 16.8. The maximum absolute atomic E-state index is 13.0. The molecule has 0 radical (unpaired) electrons. The minimum Gasteiger partial charge on any atom is -0.462 e. The van der Waals surface area contributed by atoms with Crippen LogP contribution in [0.3, 0.4) is 0 Å². The Morgan fingerprint density at radius 3 is 0.950 bits per heavy atom. The molecule has 0 aliphatic heterocycles. The number of hydrogen-bond acceptors (Lipinski definition) is 12. The van der Waals surface area contributed by atoms with Gasteiger partial charge in [0.05, 0.1) is 36.5 Å². The Morgan fingerprint density at radius 2 is 0.700 bits per heavy atom. The molecule has 0 saturated heterocycles. The lowest BCUT2D eigenvalue weighted by Crippen LogP contribution is -2.11. The van der Waals surface area contributed by atoms with Crippen molar-refractivity contribution in [3.05, 3.63) is 88.0 Å². The number of carbonyl (C=O) groups is 3. The van der Waals surface area contributed by atoms with Crippen molar-refractivity contribution in [3.8, 4) is 0 Å². The molecule has 60 heavy (non-hydrogen) atoms. The zero-order chi connectivity index (χ0) is 43.1. The molecule has 0 aliphatic rings. The van der Waals surface area contributed by atoms with E-state index in [9.17, 15) is 14.4 Å². The molecule has 4 aromatic rings. The number of nitrogens with one attached hydrogen (secondary N) is 3. The van der Waals surface area contributed by atoms with E-state index >= 15 is 0 Å². The van der Waals surface area contributed by atoms with Gasteiger partial charge in [0.15, 0.2) is 0 Å². The summed E-state index contributed by atoms with van der Waals surface area (Å²) in [6.45, 7) is 13.6. The molecule has 1 aromatic heterocycles. The highest BCUT2D eigenvalue weighted by Gasteiger charge is 2.18. The summed E-state index contributed by atoms with van der Waals surface area (Å²) in [6, 6.07) is 16.4. The molecule has 0 bridgehead atoms. The van der Waals surface area contributed by atoms with Crippen LogP contribution in [0.5, 0.6) is 0 Å². The van der Waals surface area contributed by atoms with Crippen LogP contribution in [-0.2, 0) is 33.5 Å². The lowest BCUT2D eigenvalue weighted by Gasteiger charge is -2.15. The molecule has 324 valence electrons. The van der Waals surface area contributed by atoms with E-state index in [2.05, 4.69) is 36.7 Å². The van der Waals surface area contributed by atoms with Gasteiger partial charge in [-0.3, -0.25) is 0 Å². The highest BCUT2D eigenvalue weighted by molar-refractivity contribution is 5.93. The molecule has 0 amide bonds. The first-order valence-electron chi connectivity index (χ1n) is 22.2. The van der Waals surface area contributed by atoms with Crippen LogP contribution in [-0.4, -0.2) is 52.7 Å². The summed E-state index contributed by atoms with van der Waals surface area (Å²) in [4.78, 5) is 53.1. The Balaban J connectivity index is 1.60. The second kappa shape index (κ2) is 25.9. The molecular formula is C48H66N6O6. The van der Waals surface area contributed by atoms with Gasteiger partial charge in [-0.15, -0.1) is 0 Å². The minimum absolute atomic E-state index is 0.251. The van der Waals surface area contributed by atoms with Crippen molar-refractivity contribution in [1.29, 1.82) is 0 Å². The SMILES string of the molecule is CCCCCCOC(=O)c1ccc(Nc2nc(Nc3ccc(C(=O)OCCCCCC)c(CC)c3)nc(Nc3ccc(C(=O)OCCCCCC)c(CC)c3)n2)cc1CC. The molecule has 3 aromatic carbocycles. The lowest BCUT2D eigenvalue weighted by atomic mass is 10.0. The zero-order valence-electron chi connectivity index (χ0n) is 36.7. The van der Waals surface area contributed by atoms with E-state index in [0.717, 1.165) is 93.7 Å². The van der Waals surface area contributed by atoms with Gasteiger partial charge in [-0.25, -0.2) is 14.4 Å². The number of carbonyl (C=O) groups excluding carboxylic acids is 3. The molecular weight excluding hydrogens is 757 g/mol. The average Bonchev–Trinajstić information content (AvgIpc) is 3.25. The highest BCUT2D eigenvalue weighted by atomic mass is 16.5. The number of esters is 3. The van der Waals surface area contributed by atoms with Gasteiger partial charge < -0.3 is 30.2 Å². The van der Waals surface area contributed by atoms with Crippen molar-refractivity contribution in [1.82, 2.24) is 15.0 Å². The van der Waals surface area contributed by atoms with E-state index in [1.165, 1.54) is 0 Å². The molecule has 4 rings (SSSR count). The van der Waals surface area contributed by atoms with Crippen LogP contribution in [0.4, 0.5) is 34.9 Å². The van der Waals surface area contributed by atoms with E-state index in [-0.39, 0.29) is 35.8 Å². The van der Waals surface area contributed by atoms with Crippen molar-refractivity contribution in [2.24, 2.45) is 0 Å². The standard InChI is InChI=1S/C48H66N6O6/c1-7-13-16-19-28-58-43(55)40-25-22-37(31-34(40)10-4)49-46-52-47(50-38-23-26-41(35(11-5)32-38)44(56)59-29-20-17-14-8-2)54-48(53-46)51-39-24-27-42(36(12-6)33-39)45(57)60-30-21-18-15-9-3/h22-27,31-33H,7-21,28-30H2,1-6H3,(H3,49,50,51,52,53,54). The van der Waals surface area contributed by atoms with Crippen molar-refractivity contribution >= 4 is 52.8 Å². The van der Waals surface area contributed by atoms with Gasteiger partial charge >= 0.3 is 17.9 Å². The Bertz CT molecular complexity index is 1750. The molecule has 0 fully saturated rings. The smallest absolute Gasteiger partial charge is 0.338 e. The van der Waals surface area contributed by atoms with Gasteiger partial charge in [-0.2, -0.15) is 15.0 Å². The summed E-state index contributed by atoms with van der Waals surface area (Å²) in [5.74, 6) is -0.237. The van der Waals surface area contributed by atoms with Crippen LogP contribution in [0.2, 0.25) is 0 Å². The molecule has 3 N–H and O–H groups in total. The quantitative estimate of drug-likeness (QED) is 0.0298. The molecule has 0 unspecified atom stereocenters. The van der Waals surface area contributed by atoms with E-state index in [1.54, 1.807) is 36.4 Å². The van der Waals surface area contributed by atoms with Crippen LogP contribution in [0.15, 0.2) is 54.6 Å². The van der Waals surface area contributed by atoms with Gasteiger partial charge in [-0.05, 0) is 110 Å².